The van der Waals surface area contributed by atoms with Crippen molar-refractivity contribution in [3.63, 3.8) is 0 Å². The van der Waals surface area contributed by atoms with Crippen LogP contribution in [-0.2, 0) is 4.74 Å². The number of methoxy groups -OCH3 is 1. The molecule has 0 radical (unpaired) electrons. The number of benzene rings is 1. The van der Waals surface area contributed by atoms with Gasteiger partial charge in [-0.2, -0.15) is 0 Å². The Kier molecular flexibility index (Phi) is 7.29. The molecule has 1 atom stereocenters. The third-order valence-corrected chi connectivity index (χ3v) is 4.22. The van der Waals surface area contributed by atoms with Crippen molar-refractivity contribution in [3.8, 4) is 0 Å². The minimum absolute atomic E-state index is 0.0939. The van der Waals surface area contributed by atoms with Gasteiger partial charge in [-0.25, -0.2) is 9.18 Å². The number of hydrogen-bond acceptors (Lipinski definition) is 4. The number of carbonyl (C=O) groups is 1. The lowest BCUT2D eigenvalue weighted by Crippen LogP contribution is -2.45. The van der Waals surface area contributed by atoms with Crippen LogP contribution in [0.3, 0.4) is 0 Å². The normalized spacial score (nSPS) is 16.8. The fourth-order valence-electron chi connectivity index (χ4n) is 3.00. The molecule has 1 unspecified atom stereocenters. The van der Waals surface area contributed by atoms with Crippen LogP contribution >= 0.6 is 0 Å². The van der Waals surface area contributed by atoms with E-state index in [0.29, 0.717) is 6.54 Å². The van der Waals surface area contributed by atoms with Gasteiger partial charge in [0, 0.05) is 44.3 Å². The summed E-state index contributed by atoms with van der Waals surface area (Å²) < 4.78 is 18.7. The highest BCUT2D eigenvalue weighted by Gasteiger charge is 2.23. The van der Waals surface area contributed by atoms with Crippen molar-refractivity contribution in [1.29, 1.82) is 0 Å². The quantitative estimate of drug-likeness (QED) is 0.756. The molecule has 0 spiro atoms. The van der Waals surface area contributed by atoms with Crippen molar-refractivity contribution in [1.82, 2.24) is 15.5 Å². The molecule has 0 aliphatic carbocycles. The van der Waals surface area contributed by atoms with Gasteiger partial charge in [0.05, 0.1) is 7.11 Å². The number of alkyl carbamates (subject to hydrolysis) is 1. The van der Waals surface area contributed by atoms with E-state index in [9.17, 15) is 9.18 Å². The molecule has 0 aromatic heterocycles. The third kappa shape index (κ3) is 5.48. The molecule has 1 aromatic rings. The molecule has 6 heteroatoms. The van der Waals surface area contributed by atoms with Crippen LogP contribution in [0.4, 0.5) is 9.18 Å². The maximum atomic E-state index is 14.2. The molecule has 5 nitrogen and oxygen atoms in total. The monoisotopic (exact) mass is 323 g/mol. The molecule has 0 saturated carbocycles. The van der Waals surface area contributed by atoms with Gasteiger partial charge in [-0.1, -0.05) is 18.2 Å². The average Bonchev–Trinajstić information content (AvgIpc) is 2.59. The topological polar surface area (TPSA) is 53.6 Å². The molecule has 0 bridgehead atoms. The lowest BCUT2D eigenvalue weighted by Gasteiger charge is -2.35. The van der Waals surface area contributed by atoms with Gasteiger partial charge < -0.3 is 15.4 Å². The molecule has 2 rings (SSSR count). The maximum Gasteiger partial charge on any atom is 0.406 e. The third-order valence-electron chi connectivity index (χ3n) is 4.22. The van der Waals surface area contributed by atoms with Crippen molar-refractivity contribution < 1.29 is 13.9 Å². The van der Waals surface area contributed by atoms with Crippen LogP contribution < -0.4 is 10.6 Å². The molecule has 1 amide bonds. The van der Waals surface area contributed by atoms with Crippen LogP contribution in [0.5, 0.6) is 0 Å². The van der Waals surface area contributed by atoms with E-state index in [1.54, 1.807) is 6.07 Å². The number of piperazine rings is 1. The fraction of sp³-hybridized carbons (Fsp3) is 0.588. The number of hydrogen-bond donors (Lipinski definition) is 2. The number of ether oxygens (including phenoxy) is 1. The second-order valence-corrected chi connectivity index (χ2v) is 5.74. The van der Waals surface area contributed by atoms with E-state index in [2.05, 4.69) is 20.3 Å². The van der Waals surface area contributed by atoms with Crippen molar-refractivity contribution in [2.75, 3.05) is 39.8 Å². The average molecular weight is 323 g/mol. The van der Waals surface area contributed by atoms with Crippen LogP contribution in [0.2, 0.25) is 0 Å². The van der Waals surface area contributed by atoms with Crippen molar-refractivity contribution in [2.45, 2.75) is 25.3 Å². The zero-order valence-corrected chi connectivity index (χ0v) is 13.7. The van der Waals surface area contributed by atoms with E-state index in [1.165, 1.54) is 13.2 Å². The Morgan fingerprint density at radius 2 is 2.09 bits per heavy atom. The van der Waals surface area contributed by atoms with E-state index in [1.807, 2.05) is 12.1 Å². The van der Waals surface area contributed by atoms with E-state index >= 15 is 0 Å². The number of carbonyl (C=O) groups excluding carboxylic acids is 1. The van der Waals surface area contributed by atoms with Crippen molar-refractivity contribution in [2.24, 2.45) is 0 Å². The SMILES string of the molecule is COC(=O)NCCCCC(c1ccccc1F)N1CCNCC1. The Bertz CT molecular complexity index is 492. The molecule has 128 valence electrons. The standard InChI is InChI=1S/C17H26FN3O2/c1-23-17(22)20-9-5-4-8-16(21-12-10-19-11-13-21)14-6-2-3-7-15(14)18/h2-3,6-7,16,19H,4-5,8-13H2,1H3,(H,20,22). The highest BCUT2D eigenvalue weighted by Crippen LogP contribution is 2.28. The summed E-state index contributed by atoms with van der Waals surface area (Å²) in [6, 6.07) is 7.13. The number of amides is 1. The zero-order valence-electron chi connectivity index (χ0n) is 13.7. The first-order chi connectivity index (χ1) is 11.2. The second kappa shape index (κ2) is 9.47. The van der Waals surface area contributed by atoms with E-state index in [-0.39, 0.29) is 11.9 Å². The Morgan fingerprint density at radius 1 is 1.35 bits per heavy atom. The Labute approximate surface area is 137 Å². The first kappa shape index (κ1) is 17.7. The highest BCUT2D eigenvalue weighted by molar-refractivity contribution is 5.66. The highest BCUT2D eigenvalue weighted by atomic mass is 19.1. The molecular formula is C17H26FN3O2. The summed E-state index contributed by atoms with van der Waals surface area (Å²) in [5.74, 6) is -0.135. The van der Waals surface area contributed by atoms with Gasteiger partial charge in [0.1, 0.15) is 5.82 Å². The number of unbranched alkanes of at least 4 members (excludes halogenated alkanes) is 1. The zero-order chi connectivity index (χ0) is 16.5. The van der Waals surface area contributed by atoms with Crippen LogP contribution in [0.25, 0.3) is 0 Å². The lowest BCUT2D eigenvalue weighted by molar-refractivity contribution is 0.158. The molecule has 1 aromatic carbocycles. The van der Waals surface area contributed by atoms with E-state index < -0.39 is 6.09 Å². The van der Waals surface area contributed by atoms with Gasteiger partial charge in [0.15, 0.2) is 0 Å². The molecule has 1 heterocycles. The van der Waals surface area contributed by atoms with Crippen LogP contribution in [0.15, 0.2) is 24.3 Å². The van der Waals surface area contributed by atoms with Crippen LogP contribution in [0, 0.1) is 5.82 Å². The van der Waals surface area contributed by atoms with Gasteiger partial charge in [-0.15, -0.1) is 0 Å². The first-order valence-electron chi connectivity index (χ1n) is 8.23. The van der Waals surface area contributed by atoms with E-state index in [4.69, 9.17) is 0 Å². The molecular weight excluding hydrogens is 297 g/mol. The predicted molar refractivity (Wildman–Crippen MR) is 87.8 cm³/mol. The Morgan fingerprint density at radius 3 is 2.78 bits per heavy atom. The number of rotatable bonds is 7. The number of nitrogens with zero attached hydrogens (tertiary/aromatic N) is 1. The number of halogens is 1. The Hall–Kier alpha value is -1.66. The summed E-state index contributed by atoms with van der Waals surface area (Å²) in [6.07, 6.45) is 2.25. The van der Waals surface area contributed by atoms with Gasteiger partial charge in [-0.3, -0.25) is 4.90 Å². The predicted octanol–water partition coefficient (Wildman–Crippen LogP) is 2.30. The summed E-state index contributed by atoms with van der Waals surface area (Å²) in [4.78, 5) is 13.4. The molecule has 1 saturated heterocycles. The van der Waals surface area contributed by atoms with Gasteiger partial charge >= 0.3 is 6.09 Å². The molecule has 1 aliphatic rings. The summed E-state index contributed by atoms with van der Waals surface area (Å²) in [5.41, 5.74) is 0.773. The van der Waals surface area contributed by atoms with Crippen molar-refractivity contribution in [3.05, 3.63) is 35.6 Å². The summed E-state index contributed by atoms with van der Waals surface area (Å²) in [7, 11) is 1.36. The first-order valence-corrected chi connectivity index (χ1v) is 8.23. The fourth-order valence-corrected chi connectivity index (χ4v) is 3.00. The van der Waals surface area contributed by atoms with Crippen LogP contribution in [0.1, 0.15) is 30.9 Å². The molecule has 1 aliphatic heterocycles. The molecule has 1 fully saturated rings. The number of nitrogens with one attached hydrogen (secondary N) is 2. The largest absolute Gasteiger partial charge is 0.453 e. The van der Waals surface area contributed by atoms with Gasteiger partial charge in [0.25, 0.3) is 0 Å². The molecule has 2 N–H and O–H groups in total. The maximum absolute atomic E-state index is 14.2. The minimum atomic E-state index is -0.405. The smallest absolute Gasteiger partial charge is 0.406 e. The second-order valence-electron chi connectivity index (χ2n) is 5.74. The van der Waals surface area contributed by atoms with Gasteiger partial charge in [0.2, 0.25) is 0 Å². The summed E-state index contributed by atoms with van der Waals surface area (Å²) in [6.45, 7) is 4.32. The van der Waals surface area contributed by atoms with Crippen molar-refractivity contribution >= 4 is 6.09 Å². The molecule has 23 heavy (non-hydrogen) atoms. The van der Waals surface area contributed by atoms with Gasteiger partial charge in [-0.05, 0) is 25.3 Å². The van der Waals surface area contributed by atoms with E-state index in [0.717, 1.165) is 51.0 Å². The van der Waals surface area contributed by atoms with Crippen LogP contribution in [-0.4, -0.2) is 50.8 Å². The summed E-state index contributed by atoms with van der Waals surface area (Å²) >= 11 is 0. The minimum Gasteiger partial charge on any atom is -0.453 e. The summed E-state index contributed by atoms with van der Waals surface area (Å²) in [5, 5.41) is 6.01. The lowest BCUT2D eigenvalue weighted by atomic mass is 9.98. The Balaban J connectivity index is 1.91.